The van der Waals surface area contributed by atoms with Gasteiger partial charge in [-0.1, -0.05) is 60.7 Å². The Kier molecular flexibility index (Phi) is 4.91. The maximum absolute atomic E-state index is 5.94. The van der Waals surface area contributed by atoms with Crippen LogP contribution in [0.15, 0.2) is 71.5 Å². The van der Waals surface area contributed by atoms with Crippen molar-refractivity contribution in [1.29, 1.82) is 0 Å². The van der Waals surface area contributed by atoms with Gasteiger partial charge in [0.25, 0.3) is 0 Å². The highest BCUT2D eigenvalue weighted by molar-refractivity contribution is 5.45. The highest BCUT2D eigenvalue weighted by Gasteiger charge is 2.45. The molecule has 2 aromatic carbocycles. The van der Waals surface area contributed by atoms with E-state index in [9.17, 15) is 0 Å². The van der Waals surface area contributed by atoms with Crippen LogP contribution in [-0.2, 0) is 5.41 Å². The van der Waals surface area contributed by atoms with Crippen LogP contribution in [0.2, 0.25) is 0 Å². The predicted molar refractivity (Wildman–Crippen MR) is 121 cm³/mol. The number of benzene rings is 2. The summed E-state index contributed by atoms with van der Waals surface area (Å²) in [6.45, 7) is 2.33. The third-order valence-corrected chi connectivity index (χ3v) is 8.25. The number of hydrogen-bond acceptors (Lipinski definition) is 4. The Morgan fingerprint density at radius 2 is 1.42 bits per heavy atom. The fraction of sp³-hybridized carbons (Fsp3) is 0.481. The molecule has 0 spiro atoms. The average Bonchev–Trinajstić information content (AvgIpc) is 3.28. The van der Waals surface area contributed by atoms with E-state index in [0.717, 1.165) is 36.8 Å². The normalized spacial score (nSPS) is 28.0. The van der Waals surface area contributed by atoms with Gasteiger partial charge in [0.2, 0.25) is 12.3 Å². The third-order valence-electron chi connectivity index (χ3n) is 8.25. The van der Waals surface area contributed by atoms with Gasteiger partial charge in [-0.15, -0.1) is 10.2 Å². The summed E-state index contributed by atoms with van der Waals surface area (Å²) >= 11 is 0. The lowest BCUT2D eigenvalue weighted by Gasteiger charge is -2.40. The molecule has 4 fully saturated rings. The zero-order valence-corrected chi connectivity index (χ0v) is 18.1. The Hall–Kier alpha value is -2.46. The Morgan fingerprint density at radius 3 is 2.00 bits per heavy atom. The standard InChI is InChI=1S/C27H31N3O/c1-3-7-23(8-4-1)27(26-29-28-19-31-26,24-9-5-2-6-10-24)11-12-30-18-22-14-20-13-21(15-22)17-25(30)16-20/h1-10,19-22,25H,11-18H2. The fourth-order valence-electron chi connectivity index (χ4n) is 7.08. The molecule has 2 aliphatic carbocycles. The van der Waals surface area contributed by atoms with Crippen molar-refractivity contribution in [1.82, 2.24) is 15.1 Å². The summed E-state index contributed by atoms with van der Waals surface area (Å²) in [6.07, 6.45) is 9.62. The van der Waals surface area contributed by atoms with Gasteiger partial charge in [-0.3, -0.25) is 0 Å². The molecule has 4 heteroatoms. The molecular formula is C27H31N3O. The molecule has 31 heavy (non-hydrogen) atoms. The quantitative estimate of drug-likeness (QED) is 0.550. The molecule has 0 N–H and O–H groups in total. The predicted octanol–water partition coefficient (Wildman–Crippen LogP) is 5.30. The van der Waals surface area contributed by atoms with Gasteiger partial charge in [0.15, 0.2) is 0 Å². The van der Waals surface area contributed by atoms with Crippen LogP contribution < -0.4 is 0 Å². The molecule has 4 aliphatic rings. The van der Waals surface area contributed by atoms with Gasteiger partial charge < -0.3 is 9.32 Å². The molecule has 4 bridgehead atoms. The summed E-state index contributed by atoms with van der Waals surface area (Å²) in [5.74, 6) is 3.53. The van der Waals surface area contributed by atoms with Gasteiger partial charge in [-0.2, -0.15) is 0 Å². The van der Waals surface area contributed by atoms with E-state index in [-0.39, 0.29) is 0 Å². The zero-order valence-electron chi connectivity index (χ0n) is 18.1. The number of aromatic nitrogens is 2. The van der Waals surface area contributed by atoms with Gasteiger partial charge in [0.1, 0.15) is 0 Å². The molecule has 7 rings (SSSR count). The molecule has 2 aliphatic heterocycles. The van der Waals surface area contributed by atoms with E-state index < -0.39 is 5.41 Å². The van der Waals surface area contributed by atoms with E-state index in [1.807, 2.05) is 0 Å². The maximum atomic E-state index is 5.94. The van der Waals surface area contributed by atoms with E-state index in [1.165, 1.54) is 56.2 Å². The summed E-state index contributed by atoms with van der Waals surface area (Å²) in [5, 5.41) is 8.56. The molecule has 2 saturated heterocycles. The summed E-state index contributed by atoms with van der Waals surface area (Å²) in [6, 6.07) is 22.3. The van der Waals surface area contributed by atoms with E-state index in [1.54, 1.807) is 0 Å². The first-order valence-electron chi connectivity index (χ1n) is 11.9. The van der Waals surface area contributed by atoms with Gasteiger partial charge in [0, 0.05) is 19.1 Å². The molecule has 3 aromatic rings. The van der Waals surface area contributed by atoms with Crippen LogP contribution in [0, 0.1) is 17.8 Å². The highest BCUT2D eigenvalue weighted by Crippen LogP contribution is 2.48. The average molecular weight is 414 g/mol. The molecule has 160 valence electrons. The van der Waals surface area contributed by atoms with E-state index in [4.69, 9.17) is 4.42 Å². The summed E-state index contributed by atoms with van der Waals surface area (Å²) in [4.78, 5) is 2.82. The Labute approximate surface area is 184 Å². The first-order valence-corrected chi connectivity index (χ1v) is 11.9. The minimum atomic E-state index is -0.428. The monoisotopic (exact) mass is 413 g/mol. The molecule has 2 atom stereocenters. The number of nitrogens with zero attached hydrogens (tertiary/aromatic N) is 3. The summed E-state index contributed by atoms with van der Waals surface area (Å²) in [7, 11) is 0. The fourth-order valence-corrected chi connectivity index (χ4v) is 7.08. The summed E-state index contributed by atoms with van der Waals surface area (Å²) < 4.78 is 5.94. The van der Waals surface area contributed by atoms with Crippen LogP contribution in [0.3, 0.4) is 0 Å². The first kappa shape index (κ1) is 19.2. The second kappa shape index (κ2) is 7.90. The van der Waals surface area contributed by atoms with Crippen LogP contribution in [0.5, 0.6) is 0 Å². The van der Waals surface area contributed by atoms with Crippen LogP contribution >= 0.6 is 0 Å². The smallest absolute Gasteiger partial charge is 0.231 e. The molecule has 0 amide bonds. The number of hydrogen-bond donors (Lipinski definition) is 0. The zero-order chi connectivity index (χ0) is 20.7. The molecule has 2 unspecified atom stereocenters. The topological polar surface area (TPSA) is 42.2 Å². The molecule has 4 nitrogen and oxygen atoms in total. The second-order valence-electron chi connectivity index (χ2n) is 10.1. The van der Waals surface area contributed by atoms with Gasteiger partial charge in [-0.05, 0) is 67.4 Å². The lowest BCUT2D eigenvalue weighted by Crippen LogP contribution is -2.42. The van der Waals surface area contributed by atoms with Crippen molar-refractivity contribution >= 4 is 0 Å². The number of rotatable bonds is 6. The van der Waals surface area contributed by atoms with E-state index in [0.29, 0.717) is 5.89 Å². The lowest BCUT2D eigenvalue weighted by molar-refractivity contribution is 0.122. The van der Waals surface area contributed by atoms with Crippen LogP contribution in [0.25, 0.3) is 0 Å². The SMILES string of the molecule is c1ccc(C(CCN2CC3CC4CC(C3)CC2C4)(c2ccccc2)c2nnco2)cc1. The van der Waals surface area contributed by atoms with Crippen LogP contribution in [0.1, 0.15) is 55.5 Å². The van der Waals surface area contributed by atoms with Crippen molar-refractivity contribution in [2.75, 3.05) is 13.1 Å². The van der Waals surface area contributed by atoms with Crippen LogP contribution in [-0.4, -0.2) is 34.2 Å². The minimum absolute atomic E-state index is 0.428. The van der Waals surface area contributed by atoms with E-state index in [2.05, 4.69) is 75.8 Å². The van der Waals surface area contributed by atoms with Crippen LogP contribution in [0.4, 0.5) is 0 Å². The first-order chi connectivity index (χ1) is 15.3. The van der Waals surface area contributed by atoms with E-state index >= 15 is 0 Å². The molecule has 0 radical (unpaired) electrons. The molecular weight excluding hydrogens is 382 g/mol. The number of fused-ring (bicyclic) bond motifs is 1. The Bertz CT molecular complexity index is 934. The van der Waals surface area contributed by atoms with Crippen molar-refractivity contribution in [2.24, 2.45) is 17.8 Å². The third kappa shape index (κ3) is 3.41. The Morgan fingerprint density at radius 1 is 0.806 bits per heavy atom. The van der Waals surface area contributed by atoms with Crippen molar-refractivity contribution in [3.8, 4) is 0 Å². The summed E-state index contributed by atoms with van der Waals surface area (Å²) in [5.41, 5.74) is 2.03. The maximum Gasteiger partial charge on any atom is 0.231 e. The second-order valence-corrected chi connectivity index (χ2v) is 10.1. The molecule has 1 aromatic heterocycles. The lowest BCUT2D eigenvalue weighted by atomic mass is 9.68. The van der Waals surface area contributed by atoms with Crippen molar-refractivity contribution in [3.05, 3.63) is 84.1 Å². The molecule has 2 saturated carbocycles. The Balaban J connectivity index is 1.39. The largest absolute Gasteiger partial charge is 0.427 e. The minimum Gasteiger partial charge on any atom is -0.427 e. The highest BCUT2D eigenvalue weighted by atomic mass is 16.4. The van der Waals surface area contributed by atoms with Gasteiger partial charge >= 0.3 is 0 Å². The van der Waals surface area contributed by atoms with Crippen molar-refractivity contribution in [2.45, 2.75) is 50.0 Å². The van der Waals surface area contributed by atoms with Gasteiger partial charge in [0.05, 0.1) is 5.41 Å². The van der Waals surface area contributed by atoms with Crippen molar-refractivity contribution in [3.63, 3.8) is 0 Å². The molecule has 3 heterocycles. The van der Waals surface area contributed by atoms with Gasteiger partial charge in [-0.25, -0.2) is 0 Å². The van der Waals surface area contributed by atoms with Crippen molar-refractivity contribution < 1.29 is 4.42 Å².